The standard InChI is InChI=1S/C20H35NO2/c1-5-6-7-8-9-10-11-14-21-20(22)23-19-15-17(4)12-13-18(19)16(2)3/h6-7,10-11,16-19H,5,8-9,12-15H2,1-4H3,(H,21,22)/b7-6-,11-10+. The third-order valence-corrected chi connectivity index (χ3v) is 4.65. The van der Waals surface area contributed by atoms with Crippen molar-refractivity contribution in [1.82, 2.24) is 5.32 Å². The highest BCUT2D eigenvalue weighted by molar-refractivity contribution is 5.67. The fourth-order valence-electron chi connectivity index (χ4n) is 3.25. The van der Waals surface area contributed by atoms with Crippen LogP contribution in [0.15, 0.2) is 24.3 Å². The van der Waals surface area contributed by atoms with Gasteiger partial charge in [-0.15, -0.1) is 0 Å². The maximum absolute atomic E-state index is 12.0. The van der Waals surface area contributed by atoms with Crippen LogP contribution in [0.1, 0.15) is 66.2 Å². The summed E-state index contributed by atoms with van der Waals surface area (Å²) in [5.41, 5.74) is 0. The number of amides is 1. The number of hydrogen-bond donors (Lipinski definition) is 1. The highest BCUT2D eigenvalue weighted by Gasteiger charge is 2.33. The Morgan fingerprint density at radius 3 is 2.52 bits per heavy atom. The number of unbranched alkanes of at least 4 members (excludes halogenated alkanes) is 1. The third-order valence-electron chi connectivity index (χ3n) is 4.65. The van der Waals surface area contributed by atoms with E-state index in [1.54, 1.807) is 0 Å². The van der Waals surface area contributed by atoms with E-state index in [9.17, 15) is 4.79 Å². The molecule has 0 radical (unpaired) electrons. The lowest BCUT2D eigenvalue weighted by Crippen LogP contribution is -2.38. The molecule has 3 unspecified atom stereocenters. The summed E-state index contributed by atoms with van der Waals surface area (Å²) in [6, 6.07) is 0. The highest BCUT2D eigenvalue weighted by atomic mass is 16.6. The van der Waals surface area contributed by atoms with Gasteiger partial charge < -0.3 is 10.1 Å². The molecule has 23 heavy (non-hydrogen) atoms. The molecule has 0 bridgehead atoms. The van der Waals surface area contributed by atoms with Gasteiger partial charge in [0, 0.05) is 6.54 Å². The van der Waals surface area contributed by atoms with Crippen molar-refractivity contribution in [2.24, 2.45) is 17.8 Å². The molecule has 0 aromatic rings. The van der Waals surface area contributed by atoms with Crippen molar-refractivity contribution in [1.29, 1.82) is 0 Å². The van der Waals surface area contributed by atoms with Crippen molar-refractivity contribution >= 4 is 6.09 Å². The molecule has 1 fully saturated rings. The number of carbonyl (C=O) groups is 1. The predicted molar refractivity (Wildman–Crippen MR) is 97.4 cm³/mol. The van der Waals surface area contributed by atoms with Crippen LogP contribution in [0.3, 0.4) is 0 Å². The number of hydrogen-bond acceptors (Lipinski definition) is 2. The van der Waals surface area contributed by atoms with Crippen LogP contribution in [0.25, 0.3) is 0 Å². The van der Waals surface area contributed by atoms with Gasteiger partial charge in [-0.1, -0.05) is 58.4 Å². The van der Waals surface area contributed by atoms with Gasteiger partial charge in [0.2, 0.25) is 0 Å². The molecule has 1 saturated carbocycles. The quantitative estimate of drug-likeness (QED) is 0.475. The zero-order valence-electron chi connectivity index (χ0n) is 15.4. The minimum atomic E-state index is -0.273. The molecule has 0 aromatic heterocycles. The van der Waals surface area contributed by atoms with Crippen LogP contribution in [0, 0.1) is 17.8 Å². The third kappa shape index (κ3) is 8.24. The van der Waals surface area contributed by atoms with Crippen LogP contribution in [0.5, 0.6) is 0 Å². The van der Waals surface area contributed by atoms with E-state index in [2.05, 4.69) is 51.2 Å². The monoisotopic (exact) mass is 321 g/mol. The molecule has 3 atom stereocenters. The molecule has 0 saturated heterocycles. The molecule has 1 amide bonds. The van der Waals surface area contributed by atoms with Crippen LogP contribution in [0.4, 0.5) is 4.79 Å². The van der Waals surface area contributed by atoms with Crippen LogP contribution in [-0.2, 0) is 4.74 Å². The first-order valence-electron chi connectivity index (χ1n) is 9.29. The molecule has 3 heteroatoms. The molecule has 132 valence electrons. The van der Waals surface area contributed by atoms with Crippen molar-refractivity contribution in [3.05, 3.63) is 24.3 Å². The second kappa shape index (κ2) is 11.3. The Morgan fingerprint density at radius 1 is 1.17 bits per heavy atom. The zero-order valence-corrected chi connectivity index (χ0v) is 15.4. The van der Waals surface area contributed by atoms with Gasteiger partial charge in [-0.05, 0) is 49.9 Å². The lowest BCUT2D eigenvalue weighted by atomic mass is 9.75. The number of alkyl carbamates (subject to hydrolysis) is 1. The summed E-state index contributed by atoms with van der Waals surface area (Å²) >= 11 is 0. The van der Waals surface area contributed by atoms with E-state index in [4.69, 9.17) is 4.74 Å². The Balaban J connectivity index is 2.26. The molecule has 1 aliphatic carbocycles. The lowest BCUT2D eigenvalue weighted by Gasteiger charge is -2.36. The van der Waals surface area contributed by atoms with E-state index >= 15 is 0 Å². The minimum Gasteiger partial charge on any atom is -0.446 e. The first-order chi connectivity index (χ1) is 11.0. The average Bonchev–Trinajstić information content (AvgIpc) is 2.49. The number of nitrogens with one attached hydrogen (secondary N) is 1. The van der Waals surface area contributed by atoms with Gasteiger partial charge in [-0.3, -0.25) is 0 Å². The van der Waals surface area contributed by atoms with Gasteiger partial charge in [0.25, 0.3) is 0 Å². The van der Waals surface area contributed by atoms with Gasteiger partial charge in [-0.2, -0.15) is 0 Å². The van der Waals surface area contributed by atoms with Crippen molar-refractivity contribution in [2.45, 2.75) is 72.3 Å². The van der Waals surface area contributed by atoms with Gasteiger partial charge in [0.1, 0.15) is 6.10 Å². The van der Waals surface area contributed by atoms with Crippen LogP contribution >= 0.6 is 0 Å². The molecular formula is C20H35NO2. The minimum absolute atomic E-state index is 0.0712. The Bertz CT molecular complexity index is 387. The topological polar surface area (TPSA) is 38.3 Å². The largest absolute Gasteiger partial charge is 0.446 e. The predicted octanol–water partition coefficient (Wildman–Crippen LogP) is 5.48. The Morgan fingerprint density at radius 2 is 1.87 bits per heavy atom. The second-order valence-electron chi connectivity index (χ2n) is 7.08. The van der Waals surface area contributed by atoms with E-state index < -0.39 is 0 Å². The Hall–Kier alpha value is -1.25. The molecule has 0 heterocycles. The Labute approximate surface area is 142 Å². The SMILES string of the molecule is CC/C=C\CC/C=C/CNC(=O)OC1CC(C)CCC1C(C)C. The smallest absolute Gasteiger partial charge is 0.407 e. The van der Waals surface area contributed by atoms with Crippen molar-refractivity contribution in [3.8, 4) is 0 Å². The number of ether oxygens (including phenoxy) is 1. The zero-order chi connectivity index (χ0) is 17.1. The molecule has 1 N–H and O–H groups in total. The molecule has 0 aromatic carbocycles. The van der Waals surface area contributed by atoms with Crippen molar-refractivity contribution < 1.29 is 9.53 Å². The first kappa shape index (κ1) is 19.8. The maximum Gasteiger partial charge on any atom is 0.407 e. The van der Waals surface area contributed by atoms with Gasteiger partial charge in [0.05, 0.1) is 0 Å². The summed E-state index contributed by atoms with van der Waals surface area (Å²) in [6.45, 7) is 9.39. The molecule has 3 nitrogen and oxygen atoms in total. The number of carbonyl (C=O) groups excluding carboxylic acids is 1. The summed E-state index contributed by atoms with van der Waals surface area (Å²) in [5, 5.41) is 2.84. The van der Waals surface area contributed by atoms with E-state index in [1.165, 1.54) is 12.8 Å². The normalized spacial score (nSPS) is 25.3. The maximum atomic E-state index is 12.0. The van der Waals surface area contributed by atoms with Crippen LogP contribution in [0.2, 0.25) is 0 Å². The summed E-state index contributed by atoms with van der Waals surface area (Å²) in [6.07, 6.45) is 14.9. The fraction of sp³-hybridized carbons (Fsp3) is 0.750. The first-order valence-corrected chi connectivity index (χ1v) is 9.29. The van der Waals surface area contributed by atoms with Crippen molar-refractivity contribution in [3.63, 3.8) is 0 Å². The Kier molecular flexibility index (Phi) is 9.74. The number of allylic oxidation sites excluding steroid dienone is 3. The van der Waals surface area contributed by atoms with E-state index in [-0.39, 0.29) is 12.2 Å². The van der Waals surface area contributed by atoms with Gasteiger partial charge >= 0.3 is 6.09 Å². The summed E-state index contributed by atoms with van der Waals surface area (Å²) < 4.78 is 5.70. The highest BCUT2D eigenvalue weighted by Crippen LogP contribution is 2.35. The molecule has 0 spiro atoms. The van der Waals surface area contributed by atoms with Gasteiger partial charge in [-0.25, -0.2) is 4.79 Å². The van der Waals surface area contributed by atoms with E-state index in [1.807, 2.05) is 6.08 Å². The van der Waals surface area contributed by atoms with Gasteiger partial charge in [0.15, 0.2) is 0 Å². The summed E-state index contributed by atoms with van der Waals surface area (Å²) in [5.74, 6) is 1.72. The summed E-state index contributed by atoms with van der Waals surface area (Å²) in [4.78, 5) is 12.0. The molecular weight excluding hydrogens is 286 g/mol. The lowest BCUT2D eigenvalue weighted by molar-refractivity contribution is 0.00660. The van der Waals surface area contributed by atoms with Crippen LogP contribution < -0.4 is 5.32 Å². The molecule has 0 aliphatic heterocycles. The van der Waals surface area contributed by atoms with E-state index in [0.29, 0.717) is 24.3 Å². The molecule has 1 aliphatic rings. The second-order valence-corrected chi connectivity index (χ2v) is 7.08. The molecule has 1 rings (SSSR count). The summed E-state index contributed by atoms with van der Waals surface area (Å²) in [7, 11) is 0. The van der Waals surface area contributed by atoms with Crippen LogP contribution in [-0.4, -0.2) is 18.7 Å². The average molecular weight is 322 g/mol. The number of rotatable bonds is 8. The van der Waals surface area contributed by atoms with Crippen molar-refractivity contribution in [2.75, 3.05) is 6.54 Å². The fourth-order valence-corrected chi connectivity index (χ4v) is 3.25. The van der Waals surface area contributed by atoms with E-state index in [0.717, 1.165) is 25.7 Å².